The smallest absolute Gasteiger partial charge is 0.131 e. The summed E-state index contributed by atoms with van der Waals surface area (Å²) in [7, 11) is 0. The largest absolute Gasteiger partial charge is 0.241 e. The molecule has 0 aromatic heterocycles. The molecule has 1 heterocycles. The fourth-order valence-electron chi connectivity index (χ4n) is 1.09. The monoisotopic (exact) mass is 176 g/mol. The van der Waals surface area contributed by atoms with Crippen LogP contribution in [0.1, 0.15) is 27.2 Å². The minimum Gasteiger partial charge on any atom is -0.241 e. The molecule has 0 bridgehead atoms. The summed E-state index contributed by atoms with van der Waals surface area (Å²) < 4.78 is 0. The molecule has 0 radical (unpaired) electrons. The summed E-state index contributed by atoms with van der Waals surface area (Å²) in [6.07, 6.45) is 8.65. The third-order valence-electron chi connectivity index (χ3n) is 1.92. The van der Waals surface area contributed by atoms with Crippen molar-refractivity contribution in [3.63, 3.8) is 0 Å². The van der Waals surface area contributed by atoms with Crippen LogP contribution in [0.3, 0.4) is 0 Å². The maximum atomic E-state index is 4.28. The number of dihydropyridines is 1. The Morgan fingerprint density at radius 3 is 2.77 bits per heavy atom. The molecule has 2 nitrogen and oxygen atoms in total. The molecular formula is C11H16N2. The Hall–Kier alpha value is -1.18. The van der Waals surface area contributed by atoms with E-state index in [0.29, 0.717) is 5.92 Å². The molecule has 0 amide bonds. The van der Waals surface area contributed by atoms with Crippen LogP contribution in [0, 0.1) is 5.92 Å². The molecule has 0 atom stereocenters. The molecule has 1 aliphatic heterocycles. The zero-order valence-corrected chi connectivity index (χ0v) is 8.49. The third-order valence-corrected chi connectivity index (χ3v) is 1.92. The molecule has 0 aromatic rings. The van der Waals surface area contributed by atoms with Crippen LogP contribution in [0.25, 0.3) is 0 Å². The van der Waals surface area contributed by atoms with Gasteiger partial charge in [-0.1, -0.05) is 26.0 Å². The number of amidine groups is 1. The van der Waals surface area contributed by atoms with Gasteiger partial charge in [-0.25, -0.2) is 9.98 Å². The lowest BCUT2D eigenvalue weighted by Crippen LogP contribution is -2.05. The van der Waals surface area contributed by atoms with Crippen LogP contribution in [0.15, 0.2) is 33.9 Å². The number of rotatable bonds is 2. The van der Waals surface area contributed by atoms with Crippen molar-refractivity contribution in [3.8, 4) is 0 Å². The van der Waals surface area contributed by atoms with Crippen molar-refractivity contribution in [1.29, 1.82) is 0 Å². The Bertz CT molecular complexity index is 280. The van der Waals surface area contributed by atoms with E-state index >= 15 is 0 Å². The van der Waals surface area contributed by atoms with Crippen molar-refractivity contribution in [2.75, 3.05) is 0 Å². The molecule has 2 heteroatoms. The molecule has 70 valence electrons. The molecule has 0 unspecified atom stereocenters. The van der Waals surface area contributed by atoms with E-state index < -0.39 is 0 Å². The van der Waals surface area contributed by atoms with E-state index in [9.17, 15) is 0 Å². The van der Waals surface area contributed by atoms with Gasteiger partial charge >= 0.3 is 0 Å². The van der Waals surface area contributed by atoms with Gasteiger partial charge in [-0.3, -0.25) is 0 Å². The highest BCUT2D eigenvalue weighted by atomic mass is 14.9. The van der Waals surface area contributed by atoms with Crippen LogP contribution in [-0.4, -0.2) is 12.1 Å². The van der Waals surface area contributed by atoms with Crippen molar-refractivity contribution >= 4 is 12.1 Å². The lowest BCUT2D eigenvalue weighted by Gasteiger charge is -2.09. The van der Waals surface area contributed by atoms with Crippen molar-refractivity contribution < 1.29 is 0 Å². The molecule has 0 spiro atoms. The Morgan fingerprint density at radius 2 is 2.31 bits per heavy atom. The van der Waals surface area contributed by atoms with Crippen LogP contribution in [0.2, 0.25) is 0 Å². The first kappa shape index (κ1) is 9.90. The summed E-state index contributed by atoms with van der Waals surface area (Å²) in [5.74, 6) is 1.45. The van der Waals surface area contributed by atoms with Gasteiger partial charge in [0.1, 0.15) is 5.84 Å². The second kappa shape index (κ2) is 4.75. The zero-order valence-electron chi connectivity index (χ0n) is 8.49. The highest BCUT2D eigenvalue weighted by Gasteiger charge is 2.05. The summed E-state index contributed by atoms with van der Waals surface area (Å²) in [5, 5.41) is 0. The molecule has 1 aliphatic rings. The second-order valence-corrected chi connectivity index (χ2v) is 3.35. The maximum Gasteiger partial charge on any atom is 0.131 e. The van der Waals surface area contributed by atoms with Crippen molar-refractivity contribution in [2.24, 2.45) is 15.9 Å². The van der Waals surface area contributed by atoms with E-state index in [-0.39, 0.29) is 0 Å². The van der Waals surface area contributed by atoms with Gasteiger partial charge < -0.3 is 0 Å². The first-order valence-electron chi connectivity index (χ1n) is 4.66. The van der Waals surface area contributed by atoms with Gasteiger partial charge in [0.25, 0.3) is 0 Å². The lowest BCUT2D eigenvalue weighted by atomic mass is 10.0. The van der Waals surface area contributed by atoms with Crippen LogP contribution >= 0.6 is 0 Å². The molecule has 0 aromatic carbocycles. The first-order chi connectivity index (χ1) is 6.24. The van der Waals surface area contributed by atoms with Gasteiger partial charge in [0, 0.05) is 18.8 Å². The van der Waals surface area contributed by atoms with E-state index in [1.54, 1.807) is 6.20 Å². The average Bonchev–Trinajstić information content (AvgIpc) is 2.15. The summed E-state index contributed by atoms with van der Waals surface area (Å²) in [6, 6.07) is 0. The van der Waals surface area contributed by atoms with Crippen LogP contribution in [-0.2, 0) is 0 Å². The molecule has 0 N–H and O–H groups in total. The normalized spacial score (nSPS) is 20.3. The van der Waals surface area contributed by atoms with E-state index in [2.05, 4.69) is 29.9 Å². The van der Waals surface area contributed by atoms with Gasteiger partial charge in [0.05, 0.1) is 0 Å². The zero-order chi connectivity index (χ0) is 9.68. The maximum absolute atomic E-state index is 4.28. The Morgan fingerprint density at radius 1 is 1.54 bits per heavy atom. The van der Waals surface area contributed by atoms with E-state index in [1.165, 1.54) is 5.57 Å². The van der Waals surface area contributed by atoms with E-state index in [0.717, 1.165) is 12.3 Å². The van der Waals surface area contributed by atoms with Gasteiger partial charge in [-0.05, 0) is 18.4 Å². The minimum absolute atomic E-state index is 0.562. The number of aliphatic imine (C=N–C) groups is 2. The second-order valence-electron chi connectivity index (χ2n) is 3.35. The van der Waals surface area contributed by atoms with E-state index in [1.807, 2.05) is 19.2 Å². The Labute approximate surface area is 79.8 Å². The topological polar surface area (TPSA) is 24.7 Å². The summed E-state index contributed by atoms with van der Waals surface area (Å²) in [5.41, 5.74) is 1.31. The number of allylic oxidation sites excluding steroid dienone is 2. The Kier molecular flexibility index (Phi) is 3.62. The average molecular weight is 176 g/mol. The lowest BCUT2D eigenvalue weighted by molar-refractivity contribution is 0.801. The third kappa shape index (κ3) is 2.98. The number of hydrogen-bond acceptors (Lipinski definition) is 1. The molecule has 0 saturated heterocycles. The van der Waals surface area contributed by atoms with Crippen molar-refractivity contribution in [1.82, 2.24) is 0 Å². The standard InChI is InChI=1S/C11H16N2/c1-4-7-12-11-6-5-10(8-13-11)9(2)3/h4-5,7-9H,6H2,1-3H3/b7-4-,12-11?. The highest BCUT2D eigenvalue weighted by molar-refractivity contribution is 5.98. The van der Waals surface area contributed by atoms with Gasteiger partial charge in [0.15, 0.2) is 0 Å². The molecule has 0 aliphatic carbocycles. The van der Waals surface area contributed by atoms with Gasteiger partial charge in [-0.2, -0.15) is 0 Å². The van der Waals surface area contributed by atoms with Crippen molar-refractivity contribution in [3.05, 3.63) is 23.9 Å². The minimum atomic E-state index is 0.562. The molecule has 1 rings (SSSR count). The fourth-order valence-corrected chi connectivity index (χ4v) is 1.09. The summed E-state index contributed by atoms with van der Waals surface area (Å²) in [4.78, 5) is 8.46. The highest BCUT2D eigenvalue weighted by Crippen LogP contribution is 2.12. The predicted octanol–water partition coefficient (Wildman–Crippen LogP) is 2.98. The van der Waals surface area contributed by atoms with Crippen LogP contribution in [0.4, 0.5) is 0 Å². The van der Waals surface area contributed by atoms with Gasteiger partial charge in [0.2, 0.25) is 0 Å². The van der Waals surface area contributed by atoms with E-state index in [4.69, 9.17) is 0 Å². The fraction of sp³-hybridized carbons (Fsp3) is 0.455. The van der Waals surface area contributed by atoms with Crippen LogP contribution < -0.4 is 0 Å². The van der Waals surface area contributed by atoms with Crippen molar-refractivity contribution in [2.45, 2.75) is 27.2 Å². The Balaban J connectivity index is 2.63. The number of hydrogen-bond donors (Lipinski definition) is 0. The van der Waals surface area contributed by atoms with Crippen LogP contribution in [0.5, 0.6) is 0 Å². The molecular weight excluding hydrogens is 160 g/mol. The van der Waals surface area contributed by atoms with Gasteiger partial charge in [-0.15, -0.1) is 0 Å². The molecule has 0 saturated carbocycles. The molecule has 0 fully saturated rings. The SMILES string of the molecule is C/C=C\N=C1CC=C(C(C)C)C=N1. The first-order valence-corrected chi connectivity index (χ1v) is 4.66. The summed E-state index contributed by atoms with van der Waals surface area (Å²) in [6.45, 7) is 6.30. The predicted molar refractivity (Wildman–Crippen MR) is 58.3 cm³/mol. The quantitative estimate of drug-likeness (QED) is 0.618. The molecule has 13 heavy (non-hydrogen) atoms. The summed E-state index contributed by atoms with van der Waals surface area (Å²) >= 11 is 0. The number of nitrogens with zero attached hydrogens (tertiary/aromatic N) is 2.